The Morgan fingerprint density at radius 1 is 0.968 bits per heavy atom. The molecule has 2 aromatic heterocycles. The van der Waals surface area contributed by atoms with Crippen molar-refractivity contribution in [1.82, 2.24) is 20.4 Å². The number of piperidine rings is 1. The van der Waals surface area contributed by atoms with E-state index in [2.05, 4.69) is 34.6 Å². The van der Waals surface area contributed by atoms with Crippen molar-refractivity contribution in [3.8, 4) is 11.6 Å². The Labute approximate surface area is 182 Å². The molecule has 1 aliphatic heterocycles. The second-order valence-corrected chi connectivity index (χ2v) is 7.80. The topological polar surface area (TPSA) is 79.4 Å². The van der Waals surface area contributed by atoms with Gasteiger partial charge in [0.1, 0.15) is 17.1 Å². The molecular formula is C24H27N5O2. The standard InChI is InChI=1S/C24H27N5O2/c1-17-7-5-8-18(2)29(17)28-23(30)21-9-6-16-26-24(21)31-20-13-11-19(12-14-20)27-22-10-3-4-15-25-22/h3-4,6,9-18H,5,7-8H2,1-2H3,(H,25,27)(H,28,30)/t17-,18+. The summed E-state index contributed by atoms with van der Waals surface area (Å²) in [5.74, 6) is 1.43. The van der Waals surface area contributed by atoms with Gasteiger partial charge in [-0.15, -0.1) is 0 Å². The van der Waals surface area contributed by atoms with E-state index in [-0.39, 0.29) is 11.8 Å². The lowest BCUT2D eigenvalue weighted by Crippen LogP contribution is -2.54. The maximum atomic E-state index is 13.0. The van der Waals surface area contributed by atoms with Crippen molar-refractivity contribution in [1.29, 1.82) is 0 Å². The molecule has 3 aromatic rings. The third-order valence-corrected chi connectivity index (χ3v) is 5.45. The second-order valence-electron chi connectivity index (χ2n) is 7.80. The number of nitrogens with one attached hydrogen (secondary N) is 2. The molecule has 3 heterocycles. The van der Waals surface area contributed by atoms with E-state index in [1.807, 2.05) is 47.5 Å². The van der Waals surface area contributed by atoms with Gasteiger partial charge in [-0.1, -0.05) is 12.5 Å². The molecule has 1 amide bonds. The lowest BCUT2D eigenvalue weighted by molar-refractivity contribution is 0.0368. The van der Waals surface area contributed by atoms with Crippen LogP contribution in [-0.2, 0) is 0 Å². The largest absolute Gasteiger partial charge is 0.438 e. The van der Waals surface area contributed by atoms with Crippen LogP contribution in [0.25, 0.3) is 0 Å². The van der Waals surface area contributed by atoms with E-state index < -0.39 is 0 Å². The Bertz CT molecular complexity index is 1000. The number of hydrogen-bond donors (Lipinski definition) is 2. The van der Waals surface area contributed by atoms with E-state index in [0.29, 0.717) is 23.4 Å². The Morgan fingerprint density at radius 2 is 1.71 bits per heavy atom. The van der Waals surface area contributed by atoms with Crippen LogP contribution in [-0.4, -0.2) is 33.0 Å². The summed E-state index contributed by atoms with van der Waals surface area (Å²) in [6.07, 6.45) is 6.68. The molecule has 2 N–H and O–H groups in total. The van der Waals surface area contributed by atoms with Crippen LogP contribution >= 0.6 is 0 Å². The molecule has 0 spiro atoms. The van der Waals surface area contributed by atoms with Gasteiger partial charge < -0.3 is 10.1 Å². The lowest BCUT2D eigenvalue weighted by atomic mass is 10.00. The molecule has 7 heteroatoms. The maximum absolute atomic E-state index is 13.0. The molecule has 4 rings (SSSR count). The van der Waals surface area contributed by atoms with Gasteiger partial charge in [0.25, 0.3) is 5.91 Å². The smallest absolute Gasteiger partial charge is 0.271 e. The quantitative estimate of drug-likeness (QED) is 0.593. The SMILES string of the molecule is C[C@@H]1CCC[C@H](C)N1NC(=O)c1cccnc1Oc1ccc(Nc2ccccn2)cc1. The number of hydrazine groups is 1. The summed E-state index contributed by atoms with van der Waals surface area (Å²) in [6, 6.07) is 17.2. The number of ether oxygens (including phenoxy) is 1. The first kappa shape index (κ1) is 20.8. The van der Waals surface area contributed by atoms with E-state index in [4.69, 9.17) is 4.74 Å². The van der Waals surface area contributed by atoms with Crippen LogP contribution in [0.4, 0.5) is 11.5 Å². The van der Waals surface area contributed by atoms with Gasteiger partial charge in [-0.2, -0.15) is 0 Å². The first-order chi connectivity index (χ1) is 15.1. The van der Waals surface area contributed by atoms with Crippen LogP contribution < -0.4 is 15.5 Å². The number of rotatable bonds is 6. The number of benzene rings is 1. The predicted molar refractivity (Wildman–Crippen MR) is 120 cm³/mol. The Hall–Kier alpha value is -3.45. The van der Waals surface area contributed by atoms with Gasteiger partial charge in [0.2, 0.25) is 5.88 Å². The van der Waals surface area contributed by atoms with Gasteiger partial charge in [-0.25, -0.2) is 15.0 Å². The molecule has 0 unspecified atom stereocenters. The van der Waals surface area contributed by atoms with Gasteiger partial charge in [0, 0.05) is 30.2 Å². The zero-order valence-corrected chi connectivity index (χ0v) is 17.8. The van der Waals surface area contributed by atoms with E-state index >= 15 is 0 Å². The first-order valence-corrected chi connectivity index (χ1v) is 10.6. The molecule has 7 nitrogen and oxygen atoms in total. The van der Waals surface area contributed by atoms with Crippen LogP contribution in [0.1, 0.15) is 43.5 Å². The van der Waals surface area contributed by atoms with Gasteiger partial charge in [0.15, 0.2) is 0 Å². The molecule has 0 aliphatic carbocycles. The molecule has 1 saturated heterocycles. The van der Waals surface area contributed by atoms with Crippen molar-refractivity contribution in [2.75, 3.05) is 5.32 Å². The van der Waals surface area contributed by atoms with Crippen LogP contribution in [0, 0.1) is 0 Å². The zero-order chi connectivity index (χ0) is 21.6. The number of amides is 1. The summed E-state index contributed by atoms with van der Waals surface area (Å²) in [4.78, 5) is 21.5. The van der Waals surface area contributed by atoms with Crippen LogP contribution in [0.5, 0.6) is 11.6 Å². The molecule has 31 heavy (non-hydrogen) atoms. The summed E-state index contributed by atoms with van der Waals surface area (Å²) in [5, 5.41) is 5.27. The summed E-state index contributed by atoms with van der Waals surface area (Å²) in [5.41, 5.74) is 4.35. The molecular weight excluding hydrogens is 390 g/mol. The Morgan fingerprint density at radius 3 is 2.42 bits per heavy atom. The van der Waals surface area contributed by atoms with Crippen molar-refractivity contribution >= 4 is 17.4 Å². The minimum absolute atomic E-state index is 0.211. The molecule has 1 aliphatic rings. The highest BCUT2D eigenvalue weighted by Gasteiger charge is 2.27. The highest BCUT2D eigenvalue weighted by atomic mass is 16.5. The Kier molecular flexibility index (Phi) is 6.43. The minimum atomic E-state index is -0.211. The molecule has 1 fully saturated rings. The average molecular weight is 418 g/mol. The Balaban J connectivity index is 1.45. The highest BCUT2D eigenvalue weighted by Crippen LogP contribution is 2.26. The molecule has 0 bridgehead atoms. The van der Waals surface area contributed by atoms with Crippen molar-refractivity contribution in [2.24, 2.45) is 0 Å². The summed E-state index contributed by atoms with van der Waals surface area (Å²) in [6.45, 7) is 4.27. The van der Waals surface area contributed by atoms with Gasteiger partial charge in [-0.05, 0) is 75.2 Å². The van der Waals surface area contributed by atoms with Crippen molar-refractivity contribution in [2.45, 2.75) is 45.2 Å². The van der Waals surface area contributed by atoms with Crippen molar-refractivity contribution < 1.29 is 9.53 Å². The third kappa shape index (κ3) is 5.19. The van der Waals surface area contributed by atoms with Crippen molar-refractivity contribution in [3.63, 3.8) is 0 Å². The summed E-state index contributed by atoms with van der Waals surface area (Å²) >= 11 is 0. The van der Waals surface area contributed by atoms with E-state index in [1.54, 1.807) is 24.5 Å². The number of carbonyl (C=O) groups excluding carboxylic acids is 1. The third-order valence-electron chi connectivity index (χ3n) is 5.45. The van der Waals surface area contributed by atoms with E-state index in [0.717, 1.165) is 24.3 Å². The van der Waals surface area contributed by atoms with Crippen LogP contribution in [0.15, 0.2) is 67.0 Å². The molecule has 0 radical (unpaired) electrons. The lowest BCUT2D eigenvalue weighted by Gasteiger charge is -2.38. The first-order valence-electron chi connectivity index (χ1n) is 10.6. The number of nitrogens with zero attached hydrogens (tertiary/aromatic N) is 3. The number of hydrogen-bond acceptors (Lipinski definition) is 6. The van der Waals surface area contributed by atoms with Gasteiger partial charge >= 0.3 is 0 Å². The van der Waals surface area contributed by atoms with Crippen molar-refractivity contribution in [3.05, 3.63) is 72.6 Å². The zero-order valence-electron chi connectivity index (χ0n) is 17.8. The molecule has 160 valence electrons. The monoisotopic (exact) mass is 417 g/mol. The predicted octanol–water partition coefficient (Wildman–Crippen LogP) is 4.92. The molecule has 2 atom stereocenters. The number of carbonyl (C=O) groups is 1. The highest BCUT2D eigenvalue weighted by molar-refractivity contribution is 5.96. The van der Waals surface area contributed by atoms with Gasteiger partial charge in [-0.3, -0.25) is 10.2 Å². The average Bonchev–Trinajstić information content (AvgIpc) is 2.79. The normalized spacial score (nSPS) is 18.9. The number of aromatic nitrogens is 2. The number of anilines is 2. The summed E-state index contributed by atoms with van der Waals surface area (Å²) in [7, 11) is 0. The fourth-order valence-electron chi connectivity index (χ4n) is 3.77. The fourth-order valence-corrected chi connectivity index (χ4v) is 3.77. The minimum Gasteiger partial charge on any atom is -0.438 e. The second kappa shape index (κ2) is 9.57. The van der Waals surface area contributed by atoms with Crippen LogP contribution in [0.2, 0.25) is 0 Å². The molecule has 1 aromatic carbocycles. The van der Waals surface area contributed by atoms with Crippen LogP contribution in [0.3, 0.4) is 0 Å². The number of pyridine rings is 2. The van der Waals surface area contributed by atoms with E-state index in [9.17, 15) is 4.79 Å². The van der Waals surface area contributed by atoms with E-state index in [1.165, 1.54) is 6.42 Å². The molecule has 0 saturated carbocycles. The fraction of sp³-hybridized carbons (Fsp3) is 0.292. The van der Waals surface area contributed by atoms with Gasteiger partial charge in [0.05, 0.1) is 0 Å². The summed E-state index contributed by atoms with van der Waals surface area (Å²) < 4.78 is 5.94. The maximum Gasteiger partial charge on any atom is 0.271 e.